The van der Waals surface area contributed by atoms with Crippen LogP contribution in [0.2, 0.25) is 0 Å². The third kappa shape index (κ3) is 2.63. The predicted octanol–water partition coefficient (Wildman–Crippen LogP) is -2.63. The molecule has 7 N–H and O–H groups in total. The number of rotatable bonds is 2. The van der Waals surface area contributed by atoms with E-state index in [1.54, 1.807) is 6.92 Å². The fraction of sp³-hybridized carbons (Fsp3) is 0.429. The second-order valence-corrected chi connectivity index (χ2v) is 5.97. The number of aromatic nitrogens is 2. The minimum Gasteiger partial charge on any atom is -0.406 e. The Morgan fingerprint density at radius 2 is 2.24 bits per heavy atom. The number of imidazole rings is 1. The van der Waals surface area contributed by atoms with Crippen molar-refractivity contribution in [3.05, 3.63) is 18.6 Å². The van der Waals surface area contributed by atoms with E-state index >= 15 is 0 Å². The van der Waals surface area contributed by atoms with Crippen LogP contribution in [0, 0.1) is 11.8 Å². The van der Waals surface area contributed by atoms with Gasteiger partial charge in [0, 0.05) is 5.40 Å². The fourth-order valence-electron chi connectivity index (χ4n) is 2.94. The highest BCUT2D eigenvalue weighted by Gasteiger charge is 2.58. The van der Waals surface area contributed by atoms with Crippen LogP contribution < -0.4 is 16.8 Å². The zero-order valence-corrected chi connectivity index (χ0v) is 13.5. The van der Waals surface area contributed by atoms with Gasteiger partial charge in [0.15, 0.2) is 23.5 Å². The Balaban J connectivity index is 2.13. The molecule has 2 aliphatic rings. The molecule has 126 valence electrons. The van der Waals surface area contributed by atoms with E-state index < -0.39 is 29.4 Å². The fourth-order valence-corrected chi connectivity index (χ4v) is 2.94. The van der Waals surface area contributed by atoms with E-state index in [1.807, 2.05) is 0 Å². The Morgan fingerprint density at radius 1 is 1.56 bits per heavy atom. The maximum atomic E-state index is 10.6. The first kappa shape index (κ1) is 17.6. The SMILES string of the molecule is [B]C([B])(O)C1O[C@@H](n2cnc3c2N=C(N)NC3=C)[C@@](N)(C#CC)C1O. The van der Waals surface area contributed by atoms with Crippen LogP contribution in [0.15, 0.2) is 17.9 Å². The number of aliphatic imine (C=N–C) groups is 1. The van der Waals surface area contributed by atoms with Gasteiger partial charge in [0.1, 0.15) is 33.6 Å². The molecule has 0 aromatic carbocycles. The lowest BCUT2D eigenvalue weighted by atomic mass is 9.60. The zero-order valence-electron chi connectivity index (χ0n) is 13.5. The quantitative estimate of drug-likeness (QED) is 0.293. The first-order valence-electron chi connectivity index (χ1n) is 7.33. The Morgan fingerprint density at radius 3 is 2.84 bits per heavy atom. The molecule has 11 heteroatoms. The average Bonchev–Trinajstić information content (AvgIpc) is 3.00. The largest absolute Gasteiger partial charge is 0.406 e. The van der Waals surface area contributed by atoms with Crippen LogP contribution in [0.1, 0.15) is 18.8 Å². The van der Waals surface area contributed by atoms with E-state index in [1.165, 1.54) is 10.9 Å². The molecule has 2 aliphatic heterocycles. The van der Waals surface area contributed by atoms with Crippen LogP contribution in [-0.2, 0) is 4.74 Å². The number of aliphatic hydroxyl groups excluding tert-OH is 1. The van der Waals surface area contributed by atoms with Crippen molar-refractivity contribution in [2.75, 3.05) is 0 Å². The third-order valence-corrected chi connectivity index (χ3v) is 4.07. The molecule has 3 rings (SSSR count). The van der Waals surface area contributed by atoms with Gasteiger partial charge in [0.2, 0.25) is 0 Å². The van der Waals surface area contributed by atoms with Crippen molar-refractivity contribution in [2.24, 2.45) is 16.5 Å². The number of aliphatic hydroxyl groups is 2. The smallest absolute Gasteiger partial charge is 0.199 e. The van der Waals surface area contributed by atoms with Crippen molar-refractivity contribution in [3.63, 3.8) is 0 Å². The Bertz CT molecular complexity index is 821. The molecular formula is C14H16B2N6O3. The Labute approximate surface area is 147 Å². The molecule has 0 amide bonds. The molecule has 0 bridgehead atoms. The number of nitrogens with zero attached hydrogens (tertiary/aromatic N) is 3. The van der Waals surface area contributed by atoms with E-state index in [9.17, 15) is 10.2 Å². The minimum atomic E-state index is -2.33. The summed E-state index contributed by atoms with van der Waals surface area (Å²) >= 11 is 0. The van der Waals surface area contributed by atoms with E-state index in [0.717, 1.165) is 0 Å². The van der Waals surface area contributed by atoms with Crippen LogP contribution in [0.3, 0.4) is 0 Å². The van der Waals surface area contributed by atoms with Crippen molar-refractivity contribution in [2.45, 2.75) is 36.3 Å². The van der Waals surface area contributed by atoms with E-state index in [2.05, 4.69) is 33.7 Å². The number of nitrogens with two attached hydrogens (primary N) is 2. The summed E-state index contributed by atoms with van der Waals surface area (Å²) in [6.07, 6.45) is -2.57. The summed E-state index contributed by atoms with van der Waals surface area (Å²) < 4.78 is 7.11. The molecule has 25 heavy (non-hydrogen) atoms. The van der Waals surface area contributed by atoms with Crippen LogP contribution in [0.25, 0.3) is 5.70 Å². The molecule has 3 heterocycles. The highest BCUT2D eigenvalue weighted by Crippen LogP contribution is 2.42. The highest BCUT2D eigenvalue weighted by atomic mass is 16.6. The summed E-state index contributed by atoms with van der Waals surface area (Å²) in [5.41, 5.74) is 11.3. The summed E-state index contributed by atoms with van der Waals surface area (Å²) in [5, 5.41) is 20.9. The van der Waals surface area contributed by atoms with Gasteiger partial charge in [-0.05, 0) is 6.92 Å². The molecule has 0 aliphatic carbocycles. The molecule has 1 aromatic rings. The van der Waals surface area contributed by atoms with E-state index in [4.69, 9.17) is 31.9 Å². The monoisotopic (exact) mass is 338 g/mol. The van der Waals surface area contributed by atoms with Crippen LogP contribution in [-0.4, -0.2) is 64.6 Å². The molecule has 1 fully saturated rings. The molecule has 0 saturated carbocycles. The van der Waals surface area contributed by atoms with Crippen molar-refractivity contribution in [1.82, 2.24) is 14.9 Å². The lowest BCUT2D eigenvalue weighted by Crippen LogP contribution is -2.57. The Kier molecular flexibility index (Phi) is 3.96. The lowest BCUT2D eigenvalue weighted by molar-refractivity contribution is -0.0720. The van der Waals surface area contributed by atoms with Gasteiger partial charge in [-0.15, -0.1) is 5.92 Å². The maximum absolute atomic E-state index is 10.6. The zero-order chi connectivity index (χ0) is 18.6. The number of hydrogen-bond donors (Lipinski definition) is 5. The van der Waals surface area contributed by atoms with Crippen molar-refractivity contribution < 1.29 is 14.9 Å². The number of hydrogen-bond acceptors (Lipinski definition) is 8. The van der Waals surface area contributed by atoms with Gasteiger partial charge in [-0.25, -0.2) is 4.98 Å². The van der Waals surface area contributed by atoms with Gasteiger partial charge >= 0.3 is 0 Å². The first-order chi connectivity index (χ1) is 11.6. The summed E-state index contributed by atoms with van der Waals surface area (Å²) in [4.78, 5) is 8.37. The van der Waals surface area contributed by atoms with Gasteiger partial charge < -0.3 is 31.7 Å². The van der Waals surface area contributed by atoms with Crippen molar-refractivity contribution in [1.29, 1.82) is 0 Å². The van der Waals surface area contributed by atoms with Gasteiger partial charge in [-0.1, -0.05) is 12.5 Å². The molecule has 0 spiro atoms. The third-order valence-electron chi connectivity index (χ3n) is 4.07. The van der Waals surface area contributed by atoms with Gasteiger partial charge in [0.05, 0.1) is 12.0 Å². The topological polar surface area (TPSA) is 144 Å². The summed E-state index contributed by atoms with van der Waals surface area (Å²) in [7, 11) is 11.0. The van der Waals surface area contributed by atoms with E-state index in [-0.39, 0.29) is 5.96 Å². The second-order valence-electron chi connectivity index (χ2n) is 5.97. The molecule has 9 nitrogen and oxygen atoms in total. The predicted molar refractivity (Wildman–Crippen MR) is 92.4 cm³/mol. The number of fused-ring (bicyclic) bond motifs is 1. The lowest BCUT2D eigenvalue weighted by Gasteiger charge is -2.30. The minimum absolute atomic E-state index is 0.104. The molecule has 1 saturated heterocycles. The molecule has 4 atom stereocenters. The van der Waals surface area contributed by atoms with E-state index in [0.29, 0.717) is 17.2 Å². The maximum Gasteiger partial charge on any atom is 0.199 e. The van der Waals surface area contributed by atoms with Crippen LogP contribution >= 0.6 is 0 Å². The Hall–Kier alpha value is -2.25. The first-order valence-corrected chi connectivity index (χ1v) is 7.33. The number of guanidine groups is 1. The summed E-state index contributed by atoms with van der Waals surface area (Å²) in [6, 6.07) is 0. The van der Waals surface area contributed by atoms with Crippen molar-refractivity contribution >= 4 is 33.2 Å². The van der Waals surface area contributed by atoms with Gasteiger partial charge in [-0.3, -0.25) is 4.57 Å². The average molecular weight is 338 g/mol. The van der Waals surface area contributed by atoms with Crippen LogP contribution in [0.4, 0.5) is 5.82 Å². The standard InChI is InChI=1S/C14H16B2N6O3/c1-3-4-13(18)8(23)9(14(15,16)24)25-11(13)22-5-19-7-6(2)20-12(17)21-10(7)22/h5,8-9,11,23-24H,2,18H2,1H3,(H3,17,20,21)/t8?,9?,11-,13-/m1/s1. The van der Waals surface area contributed by atoms with Gasteiger partial charge in [-0.2, -0.15) is 4.99 Å². The number of nitrogens with one attached hydrogen (secondary N) is 1. The summed E-state index contributed by atoms with van der Waals surface area (Å²) in [5.74, 6) is 5.76. The molecule has 2 unspecified atom stereocenters. The summed E-state index contributed by atoms with van der Waals surface area (Å²) in [6.45, 7) is 5.36. The normalized spacial score (nSPS) is 31.6. The van der Waals surface area contributed by atoms with Crippen molar-refractivity contribution in [3.8, 4) is 11.8 Å². The van der Waals surface area contributed by atoms with Gasteiger partial charge in [0.25, 0.3) is 0 Å². The highest BCUT2D eigenvalue weighted by molar-refractivity contribution is 6.39. The molecular weight excluding hydrogens is 322 g/mol. The molecule has 4 radical (unpaired) electrons. The second kappa shape index (κ2) is 5.64. The molecule has 1 aromatic heterocycles. The van der Waals surface area contributed by atoms with Crippen LogP contribution in [0.5, 0.6) is 0 Å². The number of ether oxygens (including phenoxy) is 1.